The van der Waals surface area contributed by atoms with E-state index in [4.69, 9.17) is 0 Å². The quantitative estimate of drug-likeness (QED) is 0.545. The highest BCUT2D eigenvalue weighted by Gasteiger charge is 2.26. The minimum absolute atomic E-state index is 0.154. The molecule has 0 saturated carbocycles. The van der Waals surface area contributed by atoms with Crippen LogP contribution in [0.3, 0.4) is 0 Å². The average molecular weight is 354 g/mol. The SMILES string of the molecule is CC(C)(C)c1cc(CN/N=C\c2ccccc2O)cc(C(C)(C)C)c1O. The summed E-state index contributed by atoms with van der Waals surface area (Å²) in [6.45, 7) is 13.1. The molecular formula is C22H30N2O2. The zero-order chi connectivity index (χ0) is 19.5. The van der Waals surface area contributed by atoms with E-state index in [-0.39, 0.29) is 16.6 Å². The third-order valence-corrected chi connectivity index (χ3v) is 4.30. The Morgan fingerprint density at radius 1 is 0.923 bits per heavy atom. The maximum Gasteiger partial charge on any atom is 0.124 e. The van der Waals surface area contributed by atoms with E-state index in [0.717, 1.165) is 16.7 Å². The van der Waals surface area contributed by atoms with E-state index in [1.165, 1.54) is 0 Å². The van der Waals surface area contributed by atoms with Crippen LogP contribution in [0.25, 0.3) is 0 Å². The van der Waals surface area contributed by atoms with Gasteiger partial charge in [0.2, 0.25) is 0 Å². The Morgan fingerprint density at radius 3 is 1.96 bits per heavy atom. The van der Waals surface area contributed by atoms with E-state index in [9.17, 15) is 10.2 Å². The van der Waals surface area contributed by atoms with E-state index >= 15 is 0 Å². The summed E-state index contributed by atoms with van der Waals surface area (Å²) in [5.74, 6) is 0.583. The number of para-hydroxylation sites is 1. The van der Waals surface area contributed by atoms with Crippen LogP contribution in [0.15, 0.2) is 41.5 Å². The number of hydrogen-bond acceptors (Lipinski definition) is 4. The van der Waals surface area contributed by atoms with Crippen LogP contribution in [0.4, 0.5) is 0 Å². The van der Waals surface area contributed by atoms with Crippen molar-refractivity contribution < 1.29 is 10.2 Å². The molecule has 0 fully saturated rings. The second kappa shape index (κ2) is 7.40. The van der Waals surface area contributed by atoms with Crippen molar-refractivity contribution >= 4 is 6.21 Å². The molecule has 0 amide bonds. The molecule has 2 aromatic rings. The van der Waals surface area contributed by atoms with Crippen LogP contribution in [0.2, 0.25) is 0 Å². The van der Waals surface area contributed by atoms with E-state index < -0.39 is 0 Å². The number of rotatable bonds is 4. The Hall–Kier alpha value is -2.49. The first-order chi connectivity index (χ1) is 12.0. The van der Waals surface area contributed by atoms with Crippen LogP contribution in [0.1, 0.15) is 63.8 Å². The fourth-order valence-corrected chi connectivity index (χ4v) is 2.79. The lowest BCUT2D eigenvalue weighted by Gasteiger charge is -2.28. The number of benzene rings is 2. The van der Waals surface area contributed by atoms with Crippen LogP contribution in [0, 0.1) is 0 Å². The molecule has 0 atom stereocenters. The molecule has 0 heterocycles. The molecule has 0 aliphatic heterocycles. The first-order valence-electron chi connectivity index (χ1n) is 8.91. The third kappa shape index (κ3) is 4.78. The summed E-state index contributed by atoms with van der Waals surface area (Å²) in [6, 6.07) is 11.1. The Bertz CT molecular complexity index is 762. The van der Waals surface area contributed by atoms with E-state index in [2.05, 4.69) is 52.1 Å². The van der Waals surface area contributed by atoms with Gasteiger partial charge in [-0.05, 0) is 51.8 Å². The third-order valence-electron chi connectivity index (χ3n) is 4.30. The zero-order valence-electron chi connectivity index (χ0n) is 16.6. The summed E-state index contributed by atoms with van der Waals surface area (Å²) in [5, 5.41) is 24.7. The van der Waals surface area contributed by atoms with Crippen LogP contribution in [-0.2, 0) is 17.4 Å². The highest BCUT2D eigenvalue weighted by atomic mass is 16.3. The molecule has 0 aliphatic carbocycles. The van der Waals surface area contributed by atoms with E-state index in [0.29, 0.717) is 17.9 Å². The first kappa shape index (κ1) is 19.8. The lowest BCUT2D eigenvalue weighted by molar-refractivity contribution is 0.422. The predicted molar refractivity (Wildman–Crippen MR) is 108 cm³/mol. The monoisotopic (exact) mass is 354 g/mol. The van der Waals surface area contributed by atoms with Gasteiger partial charge < -0.3 is 15.6 Å². The maximum absolute atomic E-state index is 10.8. The predicted octanol–water partition coefficient (Wildman–Crippen LogP) is 4.82. The van der Waals surface area contributed by atoms with Crippen molar-refractivity contribution in [2.24, 2.45) is 5.10 Å². The molecule has 0 saturated heterocycles. The second-order valence-electron chi connectivity index (χ2n) is 8.69. The van der Waals surface area contributed by atoms with Gasteiger partial charge in [-0.2, -0.15) is 5.10 Å². The van der Waals surface area contributed by atoms with Gasteiger partial charge in [0, 0.05) is 5.56 Å². The van der Waals surface area contributed by atoms with Gasteiger partial charge in [0.15, 0.2) is 0 Å². The van der Waals surface area contributed by atoms with Crippen molar-refractivity contribution in [3.63, 3.8) is 0 Å². The van der Waals surface area contributed by atoms with Crippen LogP contribution >= 0.6 is 0 Å². The summed E-state index contributed by atoms with van der Waals surface area (Å²) in [5.41, 5.74) is 6.32. The molecule has 0 aliphatic rings. The lowest BCUT2D eigenvalue weighted by Crippen LogP contribution is -2.19. The standard InChI is InChI=1S/C22H30N2O2/c1-21(2,3)17-11-15(12-18(20(17)26)22(4,5)6)13-23-24-14-16-9-7-8-10-19(16)25/h7-12,14,23,25-26H,13H2,1-6H3/b24-14-. The molecule has 4 nitrogen and oxygen atoms in total. The second-order valence-corrected chi connectivity index (χ2v) is 8.69. The fourth-order valence-electron chi connectivity index (χ4n) is 2.79. The van der Waals surface area contributed by atoms with Crippen LogP contribution in [0.5, 0.6) is 11.5 Å². The molecule has 0 aromatic heterocycles. The molecule has 0 bridgehead atoms. The van der Waals surface area contributed by atoms with Gasteiger partial charge in [-0.3, -0.25) is 0 Å². The minimum atomic E-state index is -0.154. The summed E-state index contributed by atoms with van der Waals surface area (Å²) in [4.78, 5) is 0. The molecule has 2 rings (SSSR count). The largest absolute Gasteiger partial charge is 0.507 e. The summed E-state index contributed by atoms with van der Waals surface area (Å²) in [7, 11) is 0. The smallest absolute Gasteiger partial charge is 0.124 e. The Balaban J connectivity index is 2.25. The molecule has 2 aromatic carbocycles. The zero-order valence-corrected chi connectivity index (χ0v) is 16.6. The molecule has 0 spiro atoms. The van der Waals surface area contributed by atoms with Gasteiger partial charge in [0.1, 0.15) is 11.5 Å². The lowest BCUT2D eigenvalue weighted by atomic mass is 9.78. The van der Waals surface area contributed by atoms with Gasteiger partial charge in [-0.1, -0.05) is 53.7 Å². The summed E-state index contributed by atoms with van der Waals surface area (Å²) < 4.78 is 0. The molecule has 4 heteroatoms. The van der Waals surface area contributed by atoms with Crippen molar-refractivity contribution in [2.45, 2.75) is 58.9 Å². The van der Waals surface area contributed by atoms with Crippen molar-refractivity contribution in [1.29, 1.82) is 0 Å². The maximum atomic E-state index is 10.8. The van der Waals surface area contributed by atoms with E-state index in [1.54, 1.807) is 24.4 Å². The first-order valence-corrected chi connectivity index (χ1v) is 8.91. The van der Waals surface area contributed by atoms with Crippen LogP contribution < -0.4 is 5.43 Å². The molecule has 3 N–H and O–H groups in total. The number of phenols is 2. The molecular weight excluding hydrogens is 324 g/mol. The van der Waals surface area contributed by atoms with Gasteiger partial charge in [0.25, 0.3) is 0 Å². The Kier molecular flexibility index (Phi) is 5.65. The molecule has 140 valence electrons. The van der Waals surface area contributed by atoms with Gasteiger partial charge >= 0.3 is 0 Å². The number of aromatic hydroxyl groups is 2. The van der Waals surface area contributed by atoms with E-state index in [1.807, 2.05) is 18.2 Å². The van der Waals surface area contributed by atoms with Crippen molar-refractivity contribution in [3.8, 4) is 11.5 Å². The number of phenolic OH excluding ortho intramolecular Hbond substituents is 2. The average Bonchev–Trinajstić information content (AvgIpc) is 2.52. The van der Waals surface area contributed by atoms with Crippen LogP contribution in [-0.4, -0.2) is 16.4 Å². The van der Waals surface area contributed by atoms with Gasteiger partial charge in [0.05, 0.1) is 12.8 Å². The minimum Gasteiger partial charge on any atom is -0.507 e. The Morgan fingerprint density at radius 2 is 1.46 bits per heavy atom. The molecule has 0 radical (unpaired) electrons. The highest BCUT2D eigenvalue weighted by molar-refractivity contribution is 5.82. The van der Waals surface area contributed by atoms with Gasteiger partial charge in [-0.25, -0.2) is 0 Å². The number of nitrogens with zero attached hydrogens (tertiary/aromatic N) is 1. The number of hydrazone groups is 1. The summed E-state index contributed by atoms with van der Waals surface area (Å²) >= 11 is 0. The van der Waals surface area contributed by atoms with Crippen molar-refractivity contribution in [1.82, 2.24) is 5.43 Å². The fraction of sp³-hybridized carbons (Fsp3) is 0.409. The van der Waals surface area contributed by atoms with Gasteiger partial charge in [-0.15, -0.1) is 0 Å². The molecule has 26 heavy (non-hydrogen) atoms. The topological polar surface area (TPSA) is 64.9 Å². The summed E-state index contributed by atoms with van der Waals surface area (Å²) in [6.07, 6.45) is 1.60. The molecule has 0 unspecified atom stereocenters. The normalized spacial score (nSPS) is 12.5. The Labute approximate surface area is 156 Å². The highest BCUT2D eigenvalue weighted by Crippen LogP contribution is 2.39. The number of nitrogens with one attached hydrogen (secondary N) is 1. The number of hydrogen-bond donors (Lipinski definition) is 3. The van der Waals surface area contributed by atoms with Crippen molar-refractivity contribution in [2.75, 3.05) is 0 Å². The van der Waals surface area contributed by atoms with Crippen molar-refractivity contribution in [3.05, 3.63) is 58.7 Å².